The second-order valence-electron chi connectivity index (χ2n) is 4.69. The van der Waals surface area contributed by atoms with Gasteiger partial charge in [-0.1, -0.05) is 24.6 Å². The van der Waals surface area contributed by atoms with Gasteiger partial charge in [-0.05, 0) is 43.5 Å². The van der Waals surface area contributed by atoms with E-state index < -0.39 is 0 Å². The lowest BCUT2D eigenvalue weighted by Crippen LogP contribution is -2.18. The number of benzene rings is 1. The normalized spacial score (nSPS) is 12.6. The van der Waals surface area contributed by atoms with E-state index in [-0.39, 0.29) is 6.04 Å². The van der Waals surface area contributed by atoms with E-state index in [1.165, 1.54) is 16.0 Å². The summed E-state index contributed by atoms with van der Waals surface area (Å²) in [7, 11) is 0. The van der Waals surface area contributed by atoms with Crippen molar-refractivity contribution in [2.24, 2.45) is 0 Å². The van der Waals surface area contributed by atoms with E-state index in [0.29, 0.717) is 0 Å². The molecule has 0 aliphatic rings. The Bertz CT molecular complexity index is 551. The van der Waals surface area contributed by atoms with Gasteiger partial charge in [-0.15, -0.1) is 11.3 Å². The van der Waals surface area contributed by atoms with Gasteiger partial charge in [-0.3, -0.25) is 0 Å². The highest BCUT2D eigenvalue weighted by atomic mass is 35.5. The second kappa shape index (κ2) is 6.51. The number of halogens is 1. The Labute approximate surface area is 123 Å². The molecule has 0 aliphatic carbocycles. The monoisotopic (exact) mass is 294 g/mol. The molecule has 0 saturated heterocycles. The summed E-state index contributed by atoms with van der Waals surface area (Å²) in [5.74, 6) is 0. The van der Waals surface area contributed by atoms with Crippen LogP contribution in [0.25, 0.3) is 0 Å². The van der Waals surface area contributed by atoms with E-state index >= 15 is 0 Å². The van der Waals surface area contributed by atoms with Gasteiger partial charge < -0.3 is 5.32 Å². The number of nitrogens with one attached hydrogen (secondary N) is 1. The van der Waals surface area contributed by atoms with E-state index in [1.807, 2.05) is 18.3 Å². The van der Waals surface area contributed by atoms with E-state index in [1.54, 1.807) is 11.3 Å². The van der Waals surface area contributed by atoms with Crippen LogP contribution in [0.15, 0.2) is 24.4 Å². The van der Waals surface area contributed by atoms with Crippen LogP contribution in [0, 0.1) is 6.92 Å². The number of aromatic nitrogens is 1. The molecule has 0 bridgehead atoms. The fourth-order valence-corrected chi connectivity index (χ4v) is 3.00. The molecule has 1 aromatic heterocycles. The van der Waals surface area contributed by atoms with Crippen molar-refractivity contribution in [3.8, 4) is 0 Å². The lowest BCUT2D eigenvalue weighted by atomic mass is 10.1. The van der Waals surface area contributed by atoms with Crippen LogP contribution < -0.4 is 5.32 Å². The molecule has 0 amide bonds. The molecule has 0 fully saturated rings. The van der Waals surface area contributed by atoms with Crippen LogP contribution in [0.2, 0.25) is 5.02 Å². The molecule has 102 valence electrons. The molecular weight excluding hydrogens is 276 g/mol. The molecule has 1 atom stereocenters. The Kier molecular flexibility index (Phi) is 4.97. The molecule has 1 heterocycles. The third-order valence-corrected chi connectivity index (χ3v) is 4.75. The van der Waals surface area contributed by atoms with Crippen molar-refractivity contribution in [3.63, 3.8) is 0 Å². The number of hydrogen-bond donors (Lipinski definition) is 1. The zero-order valence-electron chi connectivity index (χ0n) is 11.5. The van der Waals surface area contributed by atoms with Gasteiger partial charge in [-0.25, -0.2) is 4.98 Å². The molecule has 4 heteroatoms. The maximum Gasteiger partial charge on any atom is 0.109 e. The van der Waals surface area contributed by atoms with Gasteiger partial charge in [0.25, 0.3) is 0 Å². The Morgan fingerprint density at radius 1 is 1.42 bits per heavy atom. The fraction of sp³-hybridized carbons (Fsp3) is 0.400. The Balaban J connectivity index is 1.98. The first-order chi connectivity index (χ1) is 9.10. The summed E-state index contributed by atoms with van der Waals surface area (Å²) in [6.45, 7) is 7.24. The van der Waals surface area contributed by atoms with Gasteiger partial charge in [-0.2, -0.15) is 0 Å². The minimum atomic E-state index is 0.278. The van der Waals surface area contributed by atoms with Crippen LogP contribution in [-0.2, 0) is 13.0 Å². The maximum absolute atomic E-state index is 5.97. The minimum Gasteiger partial charge on any atom is -0.304 e. The molecule has 1 unspecified atom stereocenters. The first-order valence-electron chi connectivity index (χ1n) is 6.53. The van der Waals surface area contributed by atoms with Crippen LogP contribution in [-0.4, -0.2) is 4.98 Å². The van der Waals surface area contributed by atoms with Crippen LogP contribution in [0.5, 0.6) is 0 Å². The van der Waals surface area contributed by atoms with Gasteiger partial charge in [0, 0.05) is 22.6 Å². The molecule has 0 aliphatic heterocycles. The van der Waals surface area contributed by atoms with Crippen molar-refractivity contribution in [1.82, 2.24) is 10.3 Å². The van der Waals surface area contributed by atoms with Gasteiger partial charge in [0.05, 0.1) is 6.04 Å². The highest BCUT2D eigenvalue weighted by molar-refractivity contribution is 7.11. The molecule has 2 nitrogen and oxygen atoms in total. The van der Waals surface area contributed by atoms with Crippen LogP contribution >= 0.6 is 22.9 Å². The molecule has 2 aromatic rings. The lowest BCUT2D eigenvalue weighted by Gasteiger charge is -2.13. The Morgan fingerprint density at radius 3 is 2.84 bits per heavy atom. The quantitative estimate of drug-likeness (QED) is 0.877. The predicted octanol–water partition coefficient (Wildman–Crippen LogP) is 4.52. The standard InChI is InChI=1S/C15H19ClN2S/c1-4-14-9-18-15(19-14)11(3)17-8-12-5-6-13(16)7-10(12)2/h5-7,9,11,17H,4,8H2,1-3H3. The molecular formula is C15H19ClN2S. The second-order valence-corrected chi connectivity index (χ2v) is 6.27. The van der Waals surface area contributed by atoms with E-state index in [0.717, 1.165) is 23.0 Å². The summed E-state index contributed by atoms with van der Waals surface area (Å²) in [5.41, 5.74) is 2.50. The molecule has 0 radical (unpaired) electrons. The van der Waals surface area contributed by atoms with Crippen LogP contribution in [0.1, 0.15) is 40.9 Å². The Hall–Kier alpha value is -0.900. The third-order valence-electron chi connectivity index (χ3n) is 3.19. The SMILES string of the molecule is CCc1cnc(C(C)NCc2ccc(Cl)cc2C)s1. The molecule has 1 N–H and O–H groups in total. The van der Waals surface area contributed by atoms with Crippen molar-refractivity contribution in [3.05, 3.63) is 50.4 Å². The third kappa shape index (κ3) is 3.78. The van der Waals surface area contributed by atoms with Gasteiger partial charge in [0.15, 0.2) is 0 Å². The zero-order valence-corrected chi connectivity index (χ0v) is 13.1. The summed E-state index contributed by atoms with van der Waals surface area (Å²) < 4.78 is 0. The average Bonchev–Trinajstić information content (AvgIpc) is 2.86. The van der Waals surface area contributed by atoms with E-state index in [4.69, 9.17) is 11.6 Å². The van der Waals surface area contributed by atoms with Crippen LogP contribution in [0.3, 0.4) is 0 Å². The van der Waals surface area contributed by atoms with E-state index in [9.17, 15) is 0 Å². The number of nitrogens with zero attached hydrogens (tertiary/aromatic N) is 1. The first-order valence-corrected chi connectivity index (χ1v) is 7.72. The number of thiazole rings is 1. The van der Waals surface area contributed by atoms with Crippen molar-refractivity contribution < 1.29 is 0 Å². The highest BCUT2D eigenvalue weighted by Crippen LogP contribution is 2.21. The van der Waals surface area contributed by atoms with Crippen molar-refractivity contribution in [1.29, 1.82) is 0 Å². The fourth-order valence-electron chi connectivity index (χ4n) is 1.89. The first kappa shape index (κ1) is 14.5. The molecule has 0 saturated carbocycles. The molecule has 2 rings (SSSR count). The van der Waals surface area contributed by atoms with Crippen molar-refractivity contribution >= 4 is 22.9 Å². The number of rotatable bonds is 5. The summed E-state index contributed by atoms with van der Waals surface area (Å²) in [6.07, 6.45) is 3.03. The van der Waals surface area contributed by atoms with Gasteiger partial charge in [0.2, 0.25) is 0 Å². The smallest absolute Gasteiger partial charge is 0.109 e. The largest absolute Gasteiger partial charge is 0.304 e. The van der Waals surface area contributed by atoms with Crippen LogP contribution in [0.4, 0.5) is 0 Å². The topological polar surface area (TPSA) is 24.9 Å². The van der Waals surface area contributed by atoms with Crippen molar-refractivity contribution in [2.45, 2.75) is 39.8 Å². The maximum atomic E-state index is 5.97. The lowest BCUT2D eigenvalue weighted by molar-refractivity contribution is 0.570. The highest BCUT2D eigenvalue weighted by Gasteiger charge is 2.10. The Morgan fingerprint density at radius 2 is 2.21 bits per heavy atom. The summed E-state index contributed by atoms with van der Waals surface area (Å²) in [6, 6.07) is 6.30. The molecule has 0 spiro atoms. The molecule has 1 aromatic carbocycles. The summed E-state index contributed by atoms with van der Waals surface area (Å²) in [4.78, 5) is 5.81. The predicted molar refractivity (Wildman–Crippen MR) is 82.9 cm³/mol. The summed E-state index contributed by atoms with van der Waals surface area (Å²) >= 11 is 7.75. The van der Waals surface area contributed by atoms with Crippen molar-refractivity contribution in [2.75, 3.05) is 0 Å². The zero-order chi connectivity index (χ0) is 13.8. The van der Waals surface area contributed by atoms with Gasteiger partial charge in [0.1, 0.15) is 5.01 Å². The minimum absolute atomic E-state index is 0.278. The van der Waals surface area contributed by atoms with E-state index in [2.05, 4.69) is 37.1 Å². The summed E-state index contributed by atoms with van der Waals surface area (Å²) in [5, 5.41) is 5.47. The molecule has 19 heavy (non-hydrogen) atoms. The number of hydrogen-bond acceptors (Lipinski definition) is 3. The van der Waals surface area contributed by atoms with Gasteiger partial charge >= 0.3 is 0 Å². The number of aryl methyl sites for hydroxylation is 2. The average molecular weight is 295 g/mol.